The minimum absolute atomic E-state index is 0.427. The maximum atomic E-state index is 12.8. The molecule has 0 saturated carbocycles. The molecule has 2 aromatic carbocycles. The fourth-order valence-corrected chi connectivity index (χ4v) is 2.89. The van der Waals surface area contributed by atoms with E-state index >= 15 is 0 Å². The van der Waals surface area contributed by atoms with Crippen LogP contribution in [-0.2, 0) is 0 Å². The van der Waals surface area contributed by atoms with Crippen LogP contribution in [0.3, 0.4) is 0 Å². The summed E-state index contributed by atoms with van der Waals surface area (Å²) in [6.45, 7) is 0. The Morgan fingerprint density at radius 1 is 0.692 bits per heavy atom. The van der Waals surface area contributed by atoms with Gasteiger partial charge >= 0.3 is 18.1 Å². The molecule has 0 fully saturated rings. The van der Waals surface area contributed by atoms with Gasteiger partial charge in [-0.1, -0.05) is 83.9 Å². The third-order valence-corrected chi connectivity index (χ3v) is 4.38. The molecule has 2 atom stereocenters. The quantitative estimate of drug-likeness (QED) is 0.608. The minimum atomic E-state index is -1.25. The number of primary amides is 2. The molecule has 0 aromatic heterocycles. The third-order valence-electron chi connectivity index (χ3n) is 3.49. The molecule has 4 N–H and O–H groups in total. The van der Waals surface area contributed by atoms with Gasteiger partial charge in [0.1, 0.15) is 11.0 Å². The number of amides is 6. The van der Waals surface area contributed by atoms with Gasteiger partial charge in [-0.3, -0.25) is 0 Å². The van der Waals surface area contributed by atoms with Crippen LogP contribution in [0.4, 0.5) is 14.4 Å². The van der Waals surface area contributed by atoms with Crippen molar-refractivity contribution in [2.24, 2.45) is 11.5 Å². The lowest BCUT2D eigenvalue weighted by Gasteiger charge is -2.31. The second-order valence-corrected chi connectivity index (χ2v) is 6.02. The average molecular weight is 395 g/mol. The van der Waals surface area contributed by atoms with Crippen molar-refractivity contribution < 1.29 is 14.4 Å². The summed E-state index contributed by atoms with van der Waals surface area (Å²) >= 11 is 12.5. The second kappa shape index (κ2) is 8.55. The minimum Gasteiger partial charge on any atom is -0.351 e. The van der Waals surface area contributed by atoms with E-state index in [9.17, 15) is 14.4 Å². The van der Waals surface area contributed by atoms with Gasteiger partial charge in [-0.2, -0.15) is 0 Å². The van der Waals surface area contributed by atoms with E-state index in [1.54, 1.807) is 60.7 Å². The molecule has 7 nitrogen and oxygen atoms in total. The monoisotopic (exact) mass is 394 g/mol. The molecule has 0 spiro atoms. The van der Waals surface area contributed by atoms with Gasteiger partial charge in [0.2, 0.25) is 0 Å². The highest BCUT2D eigenvalue weighted by Crippen LogP contribution is 2.30. The van der Waals surface area contributed by atoms with E-state index in [-0.39, 0.29) is 0 Å². The Labute approximate surface area is 160 Å². The Bertz CT molecular complexity index is 724. The van der Waals surface area contributed by atoms with Crippen molar-refractivity contribution in [1.82, 2.24) is 9.80 Å². The number of carbonyl (C=O) groups excluding carboxylic acids is 3. The van der Waals surface area contributed by atoms with E-state index in [1.165, 1.54) is 0 Å². The number of hydrogen-bond donors (Lipinski definition) is 2. The van der Waals surface area contributed by atoms with Crippen LogP contribution in [0.1, 0.15) is 22.1 Å². The SMILES string of the molecule is NC(=O)N(C(=O)N(C(N)=O)C(Cl)c1ccccc1)C(Cl)c1ccccc1. The molecular weight excluding hydrogens is 379 g/mol. The summed E-state index contributed by atoms with van der Waals surface area (Å²) in [4.78, 5) is 37.6. The van der Waals surface area contributed by atoms with Crippen LogP contribution in [0, 0.1) is 0 Å². The standard InChI is InChI=1S/C17H16Cl2N4O3/c18-13(11-7-3-1-4-8-11)22(15(20)24)17(26)23(16(21)25)14(19)12-9-5-2-6-10-12/h1-10,13-14H,(H2,20,24)(H2,21,25). The summed E-state index contributed by atoms with van der Waals surface area (Å²) in [5.74, 6) is 0. The maximum Gasteiger partial charge on any atom is 0.339 e. The highest BCUT2D eigenvalue weighted by Gasteiger charge is 2.37. The number of alkyl halides is 2. The number of benzene rings is 2. The number of nitrogens with two attached hydrogens (primary N) is 2. The Morgan fingerprint density at radius 3 is 1.27 bits per heavy atom. The molecule has 2 unspecified atom stereocenters. The van der Waals surface area contributed by atoms with Crippen molar-refractivity contribution in [1.29, 1.82) is 0 Å². The molecule has 0 radical (unpaired) electrons. The lowest BCUT2D eigenvalue weighted by molar-refractivity contribution is 0.153. The molecule has 9 heteroatoms. The highest BCUT2D eigenvalue weighted by atomic mass is 35.5. The van der Waals surface area contributed by atoms with Crippen LogP contribution in [0.25, 0.3) is 0 Å². The third kappa shape index (κ3) is 4.25. The number of hydrogen-bond acceptors (Lipinski definition) is 3. The predicted molar refractivity (Wildman–Crippen MR) is 98.3 cm³/mol. The zero-order valence-corrected chi connectivity index (χ0v) is 15.0. The van der Waals surface area contributed by atoms with Gasteiger partial charge < -0.3 is 11.5 Å². The molecule has 0 heterocycles. The van der Waals surface area contributed by atoms with Crippen LogP contribution in [0.2, 0.25) is 0 Å². The lowest BCUT2D eigenvalue weighted by Crippen LogP contribution is -2.52. The zero-order chi connectivity index (χ0) is 19.3. The number of nitrogens with zero attached hydrogens (tertiary/aromatic N) is 2. The summed E-state index contributed by atoms with van der Waals surface area (Å²) in [6.07, 6.45) is 0. The molecule has 0 aliphatic carbocycles. The summed E-state index contributed by atoms with van der Waals surface area (Å²) in [5, 5.41) is 0. The highest BCUT2D eigenvalue weighted by molar-refractivity contribution is 6.25. The molecule has 2 aromatic rings. The molecule has 0 saturated heterocycles. The van der Waals surface area contributed by atoms with E-state index in [0.717, 1.165) is 0 Å². The van der Waals surface area contributed by atoms with Gasteiger partial charge in [0.15, 0.2) is 0 Å². The smallest absolute Gasteiger partial charge is 0.339 e. The van der Waals surface area contributed by atoms with Crippen LogP contribution >= 0.6 is 23.2 Å². The molecule has 6 amide bonds. The van der Waals surface area contributed by atoms with Crippen LogP contribution in [0.15, 0.2) is 60.7 Å². The fourth-order valence-electron chi connectivity index (χ4n) is 2.24. The average Bonchev–Trinajstić information content (AvgIpc) is 2.62. The van der Waals surface area contributed by atoms with Crippen molar-refractivity contribution in [3.05, 3.63) is 71.8 Å². The number of rotatable bonds is 4. The maximum absolute atomic E-state index is 12.8. The summed E-state index contributed by atoms with van der Waals surface area (Å²) in [7, 11) is 0. The van der Waals surface area contributed by atoms with Gasteiger partial charge in [-0.25, -0.2) is 24.2 Å². The van der Waals surface area contributed by atoms with Crippen LogP contribution in [0.5, 0.6) is 0 Å². The zero-order valence-electron chi connectivity index (χ0n) is 13.5. The first-order chi connectivity index (χ1) is 12.3. The molecule has 0 bridgehead atoms. The van der Waals surface area contributed by atoms with Gasteiger partial charge in [0.05, 0.1) is 0 Å². The van der Waals surface area contributed by atoms with Gasteiger partial charge in [-0.15, -0.1) is 0 Å². The van der Waals surface area contributed by atoms with E-state index < -0.39 is 29.1 Å². The first-order valence-electron chi connectivity index (χ1n) is 7.44. The molecule has 2 rings (SSSR count). The van der Waals surface area contributed by atoms with Crippen LogP contribution in [-0.4, -0.2) is 27.9 Å². The number of imide groups is 2. The summed E-state index contributed by atoms with van der Waals surface area (Å²) in [6, 6.07) is 13.2. The van der Waals surface area contributed by atoms with Crippen molar-refractivity contribution in [2.45, 2.75) is 11.0 Å². The molecule has 0 aliphatic rings. The van der Waals surface area contributed by atoms with Gasteiger partial charge in [-0.05, 0) is 11.1 Å². The van der Waals surface area contributed by atoms with E-state index in [0.29, 0.717) is 20.9 Å². The largest absolute Gasteiger partial charge is 0.351 e. The van der Waals surface area contributed by atoms with Crippen molar-refractivity contribution in [3.63, 3.8) is 0 Å². The first kappa shape index (κ1) is 19.6. The van der Waals surface area contributed by atoms with Crippen molar-refractivity contribution in [3.8, 4) is 0 Å². The lowest BCUT2D eigenvalue weighted by atomic mass is 10.2. The molecular formula is C17H16Cl2N4O3. The molecule has 136 valence electrons. The summed E-state index contributed by atoms with van der Waals surface area (Å²) in [5.41, 5.74) is 8.98. The topological polar surface area (TPSA) is 110 Å². The Hall–Kier alpha value is -2.77. The number of halogens is 2. The summed E-state index contributed by atoms with van der Waals surface area (Å²) < 4.78 is 0. The molecule has 0 aliphatic heterocycles. The number of urea groups is 3. The van der Waals surface area contributed by atoms with Crippen LogP contribution < -0.4 is 11.5 Å². The normalized spacial score (nSPS) is 12.7. The van der Waals surface area contributed by atoms with Crippen molar-refractivity contribution in [2.75, 3.05) is 0 Å². The second-order valence-electron chi connectivity index (χ2n) is 5.19. The van der Waals surface area contributed by atoms with Gasteiger partial charge in [0, 0.05) is 0 Å². The fraction of sp³-hybridized carbons (Fsp3) is 0.118. The Balaban J connectivity index is 2.38. The predicted octanol–water partition coefficient (Wildman–Crippen LogP) is 3.74. The Morgan fingerprint density at radius 2 is 1.00 bits per heavy atom. The molecule has 26 heavy (non-hydrogen) atoms. The number of carbonyl (C=O) groups is 3. The van der Waals surface area contributed by atoms with Gasteiger partial charge in [0.25, 0.3) is 0 Å². The van der Waals surface area contributed by atoms with E-state index in [2.05, 4.69) is 0 Å². The Kier molecular flexibility index (Phi) is 6.43. The van der Waals surface area contributed by atoms with E-state index in [4.69, 9.17) is 34.7 Å². The van der Waals surface area contributed by atoms with E-state index in [1.807, 2.05) is 0 Å². The van der Waals surface area contributed by atoms with Crippen molar-refractivity contribution >= 4 is 41.3 Å². The first-order valence-corrected chi connectivity index (χ1v) is 8.31.